The maximum atomic E-state index is 10.6. The molecule has 0 bridgehead atoms. The largest absolute Gasteiger partial charge is 0.548 e. The summed E-state index contributed by atoms with van der Waals surface area (Å²) in [6.07, 6.45) is 1.34. The molecule has 0 N–H and O–H groups in total. The third kappa shape index (κ3) is 6.13. The fraction of sp³-hybridized carbons (Fsp3) is 0.571. The Bertz CT molecular complexity index is 181. The standard InChI is InChI=1S/C7H13ClO2Si/c1-6(9)7(8)5-10-11(2,3)4/h5H,1-4H3/b7-5+. The molecule has 0 saturated carbocycles. The van der Waals surface area contributed by atoms with Crippen molar-refractivity contribution in [3.63, 3.8) is 0 Å². The SMILES string of the molecule is CC(=O)/C(Cl)=C\O[Si](C)(C)C. The van der Waals surface area contributed by atoms with Gasteiger partial charge in [-0.25, -0.2) is 0 Å². The van der Waals surface area contributed by atoms with E-state index in [1.54, 1.807) is 0 Å². The van der Waals surface area contributed by atoms with Crippen molar-refractivity contribution in [3.05, 3.63) is 11.3 Å². The molecule has 0 aromatic heterocycles. The van der Waals surface area contributed by atoms with Gasteiger partial charge in [-0.3, -0.25) is 4.79 Å². The highest BCUT2D eigenvalue weighted by atomic mass is 35.5. The molecule has 0 aliphatic carbocycles. The third-order valence-electron chi connectivity index (χ3n) is 0.852. The minimum Gasteiger partial charge on any atom is -0.548 e. The normalized spacial score (nSPS) is 13.0. The number of hydrogen-bond acceptors (Lipinski definition) is 2. The average molecular weight is 193 g/mol. The van der Waals surface area contributed by atoms with Gasteiger partial charge in [-0.2, -0.15) is 0 Å². The van der Waals surface area contributed by atoms with Gasteiger partial charge >= 0.3 is 0 Å². The lowest BCUT2D eigenvalue weighted by molar-refractivity contribution is -0.113. The highest BCUT2D eigenvalue weighted by molar-refractivity contribution is 6.70. The first-order valence-corrected chi connectivity index (χ1v) is 7.16. The molecule has 0 unspecified atom stereocenters. The zero-order valence-electron chi connectivity index (χ0n) is 7.27. The number of rotatable bonds is 3. The summed E-state index contributed by atoms with van der Waals surface area (Å²) >= 11 is 5.53. The molecule has 4 heteroatoms. The van der Waals surface area contributed by atoms with Crippen LogP contribution >= 0.6 is 11.6 Å². The second-order valence-corrected chi connectivity index (χ2v) is 8.12. The molecule has 0 amide bonds. The van der Waals surface area contributed by atoms with Crippen molar-refractivity contribution in [1.29, 1.82) is 0 Å². The summed E-state index contributed by atoms with van der Waals surface area (Å²) in [6.45, 7) is 7.47. The summed E-state index contributed by atoms with van der Waals surface area (Å²) in [5.74, 6) is -0.162. The van der Waals surface area contributed by atoms with Crippen LogP contribution in [0.5, 0.6) is 0 Å². The number of Topliss-reactive ketones (excluding diaryl/α,β-unsaturated/α-hetero) is 1. The van der Waals surface area contributed by atoms with E-state index in [-0.39, 0.29) is 10.8 Å². The van der Waals surface area contributed by atoms with E-state index >= 15 is 0 Å². The molecule has 2 nitrogen and oxygen atoms in total. The Morgan fingerprint density at radius 3 is 2.18 bits per heavy atom. The number of carbonyl (C=O) groups excluding carboxylic acids is 1. The second-order valence-electron chi connectivity index (χ2n) is 3.25. The first kappa shape index (κ1) is 10.7. The highest BCUT2D eigenvalue weighted by Crippen LogP contribution is 2.08. The Labute approximate surface area is 73.3 Å². The molecule has 0 atom stereocenters. The molecular formula is C7H13ClO2Si. The van der Waals surface area contributed by atoms with Gasteiger partial charge in [0, 0.05) is 6.92 Å². The summed E-state index contributed by atoms with van der Waals surface area (Å²) < 4.78 is 5.28. The molecule has 0 saturated heterocycles. The molecule has 11 heavy (non-hydrogen) atoms. The van der Waals surface area contributed by atoms with Crippen LogP contribution in [0.2, 0.25) is 19.6 Å². The van der Waals surface area contributed by atoms with Crippen LogP contribution in [-0.4, -0.2) is 14.1 Å². The molecule has 0 spiro atoms. The van der Waals surface area contributed by atoms with Crippen molar-refractivity contribution in [2.45, 2.75) is 26.6 Å². The van der Waals surface area contributed by atoms with Crippen molar-refractivity contribution in [2.24, 2.45) is 0 Å². The van der Waals surface area contributed by atoms with Crippen molar-refractivity contribution in [1.82, 2.24) is 0 Å². The number of allylic oxidation sites excluding steroid dienone is 1. The highest BCUT2D eigenvalue weighted by Gasteiger charge is 2.14. The van der Waals surface area contributed by atoms with Crippen LogP contribution in [0.25, 0.3) is 0 Å². The van der Waals surface area contributed by atoms with Crippen LogP contribution in [-0.2, 0) is 9.22 Å². The smallest absolute Gasteiger partial charge is 0.241 e. The van der Waals surface area contributed by atoms with Gasteiger partial charge in [0.25, 0.3) is 0 Å². The van der Waals surface area contributed by atoms with E-state index in [1.807, 2.05) is 19.6 Å². The van der Waals surface area contributed by atoms with Gasteiger partial charge < -0.3 is 4.43 Å². The van der Waals surface area contributed by atoms with E-state index in [1.165, 1.54) is 13.2 Å². The second kappa shape index (κ2) is 3.92. The average Bonchev–Trinajstić information content (AvgIpc) is 1.80. The summed E-state index contributed by atoms with van der Waals surface area (Å²) in [5.41, 5.74) is 0. The lowest BCUT2D eigenvalue weighted by Crippen LogP contribution is -2.22. The molecule has 0 aromatic carbocycles. The molecule has 64 valence electrons. The Kier molecular flexibility index (Phi) is 3.82. The molecule has 0 aliphatic heterocycles. The van der Waals surface area contributed by atoms with Crippen LogP contribution in [0.15, 0.2) is 11.3 Å². The van der Waals surface area contributed by atoms with Gasteiger partial charge in [0.1, 0.15) is 5.03 Å². The molecule has 0 heterocycles. The van der Waals surface area contributed by atoms with Crippen molar-refractivity contribution < 1.29 is 9.22 Å². The number of ketones is 1. The van der Waals surface area contributed by atoms with Gasteiger partial charge in [-0.15, -0.1) is 0 Å². The van der Waals surface area contributed by atoms with Crippen LogP contribution in [0, 0.1) is 0 Å². The zero-order chi connectivity index (χ0) is 9.07. The Morgan fingerprint density at radius 2 is 1.91 bits per heavy atom. The van der Waals surface area contributed by atoms with Gasteiger partial charge in [0.2, 0.25) is 8.32 Å². The summed E-state index contributed by atoms with van der Waals surface area (Å²) in [6, 6.07) is 0. The van der Waals surface area contributed by atoms with Gasteiger partial charge in [0.05, 0.1) is 6.26 Å². The Balaban J connectivity index is 4.04. The Morgan fingerprint density at radius 1 is 1.45 bits per heavy atom. The van der Waals surface area contributed by atoms with Crippen molar-refractivity contribution >= 4 is 25.7 Å². The zero-order valence-corrected chi connectivity index (χ0v) is 9.03. The summed E-state index contributed by atoms with van der Waals surface area (Å²) in [5, 5.41) is 0.160. The molecule has 0 aliphatic rings. The van der Waals surface area contributed by atoms with E-state index in [9.17, 15) is 4.79 Å². The minimum absolute atomic E-state index is 0.160. The predicted octanol–water partition coefficient (Wildman–Crippen LogP) is 2.51. The van der Waals surface area contributed by atoms with E-state index in [0.717, 1.165) is 0 Å². The van der Waals surface area contributed by atoms with Crippen LogP contribution in [0.3, 0.4) is 0 Å². The number of hydrogen-bond donors (Lipinski definition) is 0. The van der Waals surface area contributed by atoms with Crippen molar-refractivity contribution in [2.75, 3.05) is 0 Å². The van der Waals surface area contributed by atoms with Crippen molar-refractivity contribution in [3.8, 4) is 0 Å². The van der Waals surface area contributed by atoms with Crippen LogP contribution < -0.4 is 0 Å². The molecule has 0 fully saturated rings. The minimum atomic E-state index is -1.58. The number of carbonyl (C=O) groups is 1. The topological polar surface area (TPSA) is 26.3 Å². The molecule has 0 radical (unpaired) electrons. The van der Waals surface area contributed by atoms with Gasteiger partial charge in [0.15, 0.2) is 5.78 Å². The maximum absolute atomic E-state index is 10.6. The summed E-state index contributed by atoms with van der Waals surface area (Å²) in [7, 11) is -1.58. The van der Waals surface area contributed by atoms with E-state index < -0.39 is 8.32 Å². The van der Waals surface area contributed by atoms with E-state index in [0.29, 0.717) is 0 Å². The summed E-state index contributed by atoms with van der Waals surface area (Å²) in [4.78, 5) is 10.6. The quantitative estimate of drug-likeness (QED) is 0.390. The fourth-order valence-electron chi connectivity index (χ4n) is 0.311. The molecule has 0 aromatic rings. The third-order valence-corrected chi connectivity index (χ3v) is 2.03. The lowest BCUT2D eigenvalue weighted by Gasteiger charge is -2.14. The van der Waals surface area contributed by atoms with Crippen LogP contribution in [0.1, 0.15) is 6.92 Å². The monoisotopic (exact) mass is 192 g/mol. The van der Waals surface area contributed by atoms with Crippen LogP contribution in [0.4, 0.5) is 0 Å². The molecular weight excluding hydrogens is 180 g/mol. The first-order chi connectivity index (χ1) is 4.83. The van der Waals surface area contributed by atoms with Gasteiger partial charge in [-0.1, -0.05) is 11.6 Å². The maximum Gasteiger partial charge on any atom is 0.241 e. The van der Waals surface area contributed by atoms with E-state index in [2.05, 4.69) is 0 Å². The number of halogens is 1. The lowest BCUT2D eigenvalue weighted by atomic mass is 10.4. The predicted molar refractivity (Wildman–Crippen MR) is 49.0 cm³/mol. The first-order valence-electron chi connectivity index (χ1n) is 3.37. The van der Waals surface area contributed by atoms with E-state index in [4.69, 9.17) is 16.0 Å². The Hall–Kier alpha value is -0.283. The fourth-order valence-corrected chi connectivity index (χ4v) is 0.902. The van der Waals surface area contributed by atoms with Gasteiger partial charge in [-0.05, 0) is 19.6 Å². The molecule has 0 rings (SSSR count).